The lowest BCUT2D eigenvalue weighted by Gasteiger charge is -2.01. The molecule has 0 aliphatic heterocycles. The Hall–Kier alpha value is -1.42. The molecule has 0 spiro atoms. The summed E-state index contributed by atoms with van der Waals surface area (Å²) in [5.74, 6) is -1.05. The zero-order chi connectivity index (χ0) is 10.7. The quantitative estimate of drug-likeness (QED) is 0.424. The van der Waals surface area contributed by atoms with Crippen LogP contribution in [0.5, 0.6) is 0 Å². The Bertz CT molecular complexity index is 390. The minimum Gasteiger partial charge on any atom is -0.464 e. The smallest absolute Gasteiger partial charge is 0.356 e. The van der Waals surface area contributed by atoms with Gasteiger partial charge < -0.3 is 4.74 Å². The van der Waals surface area contributed by atoms with E-state index in [4.69, 9.17) is 11.6 Å². The molecule has 0 aliphatic carbocycles. The molecule has 4 nitrogen and oxygen atoms in total. The van der Waals surface area contributed by atoms with E-state index in [9.17, 15) is 9.59 Å². The lowest BCUT2D eigenvalue weighted by Crippen LogP contribution is -2.06. The molecule has 73 valence electrons. The monoisotopic (exact) mass is 212 g/mol. The van der Waals surface area contributed by atoms with Gasteiger partial charge in [0.2, 0.25) is 0 Å². The van der Waals surface area contributed by atoms with Crippen molar-refractivity contribution < 1.29 is 14.3 Å². The summed E-state index contributed by atoms with van der Waals surface area (Å²) in [7, 11) is 1.23. The van der Waals surface area contributed by atoms with E-state index in [0.717, 1.165) is 0 Å². The van der Waals surface area contributed by atoms with Gasteiger partial charge in [-0.05, 0) is 12.1 Å². The third-order valence-corrected chi connectivity index (χ3v) is 1.83. The van der Waals surface area contributed by atoms with Crippen LogP contribution in [0, 0.1) is 6.92 Å². The lowest BCUT2D eigenvalue weighted by molar-refractivity contribution is 0.0593. The summed E-state index contributed by atoms with van der Waals surface area (Å²) in [4.78, 5) is 25.6. The van der Waals surface area contributed by atoms with E-state index >= 15 is 0 Å². The Morgan fingerprint density at radius 1 is 1.50 bits per heavy atom. The highest BCUT2D eigenvalue weighted by atomic mass is 35.5. The molecule has 0 aliphatic rings. The number of ether oxygens (including phenoxy) is 1. The van der Waals surface area contributed by atoms with Crippen LogP contribution in [0.3, 0.4) is 0 Å². The number of halogens is 1. The molecule has 1 rings (SSSR count). The molecule has 0 fully saturated rings. The fraction of sp³-hybridized carbons (Fsp3) is 0.111. The van der Waals surface area contributed by atoms with Crippen LogP contribution in [0.15, 0.2) is 12.1 Å². The van der Waals surface area contributed by atoms with Gasteiger partial charge in [0.05, 0.1) is 12.7 Å². The van der Waals surface area contributed by atoms with Crippen LogP contribution in [-0.4, -0.2) is 23.8 Å². The molecule has 0 atom stereocenters. The van der Waals surface area contributed by atoms with E-state index in [1.54, 1.807) is 0 Å². The molecule has 1 heterocycles. The predicted octanol–water partition coefficient (Wildman–Crippen LogP) is 1.54. The van der Waals surface area contributed by atoms with Crippen LogP contribution < -0.4 is 0 Å². The number of hydrogen-bond donors (Lipinski definition) is 0. The molecule has 0 amide bonds. The van der Waals surface area contributed by atoms with E-state index < -0.39 is 11.8 Å². The number of nitrogens with zero attached hydrogens (tertiary/aromatic N) is 1. The standard InChI is InChI=1S/C9H7ClNO3/c1-5(12)6-3-4-7(9(13)14-2)11-8(6)10/h3-4H,1H2,2H3. The summed E-state index contributed by atoms with van der Waals surface area (Å²) in [5.41, 5.74) is 0.238. The fourth-order valence-corrected chi connectivity index (χ4v) is 1.12. The molecular formula is C9H7ClNO3. The van der Waals surface area contributed by atoms with Gasteiger partial charge in [0, 0.05) is 6.92 Å². The number of carbonyl (C=O) groups is 2. The van der Waals surface area contributed by atoms with Gasteiger partial charge in [-0.3, -0.25) is 4.79 Å². The number of pyridine rings is 1. The third kappa shape index (κ3) is 2.09. The van der Waals surface area contributed by atoms with E-state index in [2.05, 4.69) is 16.6 Å². The maximum absolute atomic E-state index is 11.0. The fourth-order valence-electron chi connectivity index (χ4n) is 0.861. The van der Waals surface area contributed by atoms with Crippen molar-refractivity contribution in [3.8, 4) is 0 Å². The SMILES string of the molecule is [CH2]C(=O)c1ccc(C(=O)OC)nc1Cl. The predicted molar refractivity (Wildman–Crippen MR) is 50.3 cm³/mol. The van der Waals surface area contributed by atoms with Gasteiger partial charge >= 0.3 is 5.97 Å². The second kappa shape index (κ2) is 4.19. The van der Waals surface area contributed by atoms with Crippen molar-refractivity contribution in [1.29, 1.82) is 0 Å². The number of hydrogen-bond acceptors (Lipinski definition) is 4. The first kappa shape index (κ1) is 10.7. The summed E-state index contributed by atoms with van der Waals surface area (Å²) >= 11 is 5.65. The van der Waals surface area contributed by atoms with Gasteiger partial charge in [-0.15, -0.1) is 0 Å². The van der Waals surface area contributed by atoms with Gasteiger partial charge in [0.15, 0.2) is 5.78 Å². The number of Topliss-reactive ketones (excluding diaryl/α,β-unsaturated/α-hetero) is 1. The molecule has 0 N–H and O–H groups in total. The molecule has 1 aromatic rings. The summed E-state index contributed by atoms with van der Waals surface area (Å²) in [5, 5.41) is -0.0482. The summed E-state index contributed by atoms with van der Waals surface area (Å²) in [6.45, 7) is 3.18. The number of esters is 1. The molecule has 0 unspecified atom stereocenters. The van der Waals surface area contributed by atoms with Crippen molar-refractivity contribution in [3.05, 3.63) is 35.5 Å². The highest BCUT2D eigenvalue weighted by molar-refractivity contribution is 6.33. The average Bonchev–Trinajstić information content (AvgIpc) is 2.15. The Morgan fingerprint density at radius 2 is 2.14 bits per heavy atom. The summed E-state index contributed by atoms with van der Waals surface area (Å²) < 4.78 is 4.43. The van der Waals surface area contributed by atoms with E-state index in [0.29, 0.717) is 0 Å². The molecule has 0 saturated carbocycles. The summed E-state index contributed by atoms with van der Waals surface area (Å²) in [6, 6.07) is 2.74. The van der Waals surface area contributed by atoms with Crippen molar-refractivity contribution in [3.63, 3.8) is 0 Å². The van der Waals surface area contributed by atoms with Crippen molar-refractivity contribution in [2.75, 3.05) is 7.11 Å². The van der Waals surface area contributed by atoms with Gasteiger partial charge in [-0.25, -0.2) is 9.78 Å². The van der Waals surface area contributed by atoms with E-state index in [-0.39, 0.29) is 16.4 Å². The van der Waals surface area contributed by atoms with Crippen molar-refractivity contribution in [1.82, 2.24) is 4.98 Å². The van der Waals surface area contributed by atoms with Crippen LogP contribution in [0.4, 0.5) is 0 Å². The van der Waals surface area contributed by atoms with Gasteiger partial charge in [0.25, 0.3) is 0 Å². The first-order valence-electron chi connectivity index (χ1n) is 3.67. The van der Waals surface area contributed by atoms with E-state index in [1.165, 1.54) is 19.2 Å². The Morgan fingerprint density at radius 3 is 2.57 bits per heavy atom. The van der Waals surface area contributed by atoms with Crippen LogP contribution in [0.1, 0.15) is 20.8 Å². The highest BCUT2D eigenvalue weighted by Crippen LogP contribution is 2.14. The zero-order valence-electron chi connectivity index (χ0n) is 7.41. The van der Waals surface area contributed by atoms with Crippen molar-refractivity contribution >= 4 is 23.4 Å². The molecule has 0 saturated heterocycles. The number of ketones is 1. The van der Waals surface area contributed by atoms with Crippen molar-refractivity contribution in [2.45, 2.75) is 0 Å². The molecule has 1 radical (unpaired) electrons. The Balaban J connectivity index is 3.12. The second-order valence-corrected chi connectivity index (χ2v) is 2.81. The second-order valence-electron chi connectivity index (χ2n) is 2.45. The Labute approximate surface area is 85.9 Å². The lowest BCUT2D eigenvalue weighted by atomic mass is 10.2. The molecule has 0 bridgehead atoms. The Kier molecular flexibility index (Phi) is 3.19. The maximum atomic E-state index is 11.0. The molecular weight excluding hydrogens is 206 g/mol. The maximum Gasteiger partial charge on any atom is 0.356 e. The minimum absolute atomic E-state index is 0.0482. The first-order valence-corrected chi connectivity index (χ1v) is 4.05. The van der Waals surface area contributed by atoms with Crippen LogP contribution in [0.2, 0.25) is 5.15 Å². The molecule has 5 heteroatoms. The van der Waals surface area contributed by atoms with Crippen LogP contribution >= 0.6 is 11.6 Å². The average molecular weight is 213 g/mol. The van der Waals surface area contributed by atoms with Crippen molar-refractivity contribution in [2.24, 2.45) is 0 Å². The molecule has 0 aromatic carbocycles. The number of rotatable bonds is 2. The van der Waals surface area contributed by atoms with Gasteiger partial charge in [-0.2, -0.15) is 0 Å². The third-order valence-electron chi connectivity index (χ3n) is 1.54. The normalized spacial score (nSPS) is 9.64. The zero-order valence-corrected chi connectivity index (χ0v) is 8.17. The number of aromatic nitrogens is 1. The number of carbonyl (C=O) groups excluding carboxylic acids is 2. The van der Waals surface area contributed by atoms with E-state index in [1.807, 2.05) is 0 Å². The highest BCUT2D eigenvalue weighted by Gasteiger charge is 2.12. The van der Waals surface area contributed by atoms with Gasteiger partial charge in [-0.1, -0.05) is 11.6 Å². The van der Waals surface area contributed by atoms with Crippen LogP contribution in [-0.2, 0) is 4.74 Å². The minimum atomic E-state index is -0.602. The molecule has 14 heavy (non-hydrogen) atoms. The largest absolute Gasteiger partial charge is 0.464 e. The van der Waals surface area contributed by atoms with Crippen LogP contribution in [0.25, 0.3) is 0 Å². The van der Waals surface area contributed by atoms with Gasteiger partial charge in [0.1, 0.15) is 10.8 Å². The first-order chi connectivity index (χ1) is 6.56. The summed E-state index contributed by atoms with van der Waals surface area (Å²) in [6.07, 6.45) is 0. The topological polar surface area (TPSA) is 56.3 Å². The number of methoxy groups -OCH3 is 1. The molecule has 1 aromatic heterocycles.